The van der Waals surface area contributed by atoms with Crippen molar-refractivity contribution in [2.24, 2.45) is 0 Å². The monoisotopic (exact) mass is 267 g/mol. The van der Waals surface area contributed by atoms with Gasteiger partial charge in [0.05, 0.1) is 5.30 Å². The minimum Gasteiger partial charge on any atom is -0.321 e. The van der Waals surface area contributed by atoms with Gasteiger partial charge in [-0.1, -0.05) is 0 Å². The molecular formula is C6H7NO7P2. The van der Waals surface area contributed by atoms with Crippen molar-refractivity contribution in [2.45, 2.75) is 0 Å². The van der Waals surface area contributed by atoms with Gasteiger partial charge in [0.1, 0.15) is 11.0 Å². The quantitative estimate of drug-likeness (QED) is 0.382. The molecule has 1 aromatic heterocycles. The second kappa shape index (κ2) is 4.18. The Morgan fingerprint density at radius 3 is 2.06 bits per heavy atom. The van der Waals surface area contributed by atoms with E-state index >= 15 is 0 Å². The van der Waals surface area contributed by atoms with E-state index in [1.807, 2.05) is 0 Å². The summed E-state index contributed by atoms with van der Waals surface area (Å²) in [6.45, 7) is 0. The molecule has 0 amide bonds. The van der Waals surface area contributed by atoms with Crippen molar-refractivity contribution in [2.75, 3.05) is 0 Å². The average Bonchev–Trinajstić information content (AvgIpc) is 2.13. The summed E-state index contributed by atoms with van der Waals surface area (Å²) >= 11 is 0. The smallest absolute Gasteiger partial charge is 0.321 e. The maximum atomic E-state index is 11.0. The zero-order valence-electron chi connectivity index (χ0n) is 7.59. The first kappa shape index (κ1) is 13.2. The van der Waals surface area contributed by atoms with Crippen molar-refractivity contribution < 1.29 is 33.5 Å². The Morgan fingerprint density at radius 2 is 1.69 bits per heavy atom. The Balaban J connectivity index is 3.71. The van der Waals surface area contributed by atoms with Gasteiger partial charge in [0.2, 0.25) is 0 Å². The molecule has 16 heavy (non-hydrogen) atoms. The van der Waals surface area contributed by atoms with Gasteiger partial charge in [-0.05, 0) is 6.07 Å². The lowest BCUT2D eigenvalue weighted by Crippen LogP contribution is -2.29. The number of nitrogens with zero attached hydrogens (tertiary/aromatic N) is 1. The van der Waals surface area contributed by atoms with E-state index in [1.54, 1.807) is 0 Å². The molecule has 0 atom stereocenters. The number of hydrogen-bond acceptors (Lipinski definition) is 4. The van der Waals surface area contributed by atoms with Crippen LogP contribution >= 0.6 is 15.2 Å². The van der Waals surface area contributed by atoms with Crippen molar-refractivity contribution in [3.63, 3.8) is 0 Å². The molecule has 0 aliphatic carbocycles. The van der Waals surface area contributed by atoms with E-state index in [9.17, 15) is 13.9 Å². The first-order valence-electron chi connectivity index (χ1n) is 3.74. The van der Waals surface area contributed by atoms with E-state index in [0.29, 0.717) is 0 Å². The van der Waals surface area contributed by atoms with Crippen molar-refractivity contribution in [3.05, 3.63) is 18.0 Å². The van der Waals surface area contributed by atoms with Crippen LogP contribution in [0.3, 0.4) is 0 Å². The standard InChI is InChI=1S/C6H7NO7P2/c8-3-4-6(16(12,13)14)5(1-2-7-4)15(9,10)11/h1-3H,(H2,9,10,11)(H2,12,13,14). The number of carbonyl (C=O) groups excluding carboxylic acids is 1. The molecule has 1 rings (SSSR count). The molecule has 0 spiro atoms. The van der Waals surface area contributed by atoms with Crippen LogP contribution in [0, 0.1) is 0 Å². The van der Waals surface area contributed by atoms with Crippen LogP contribution in [0.25, 0.3) is 0 Å². The summed E-state index contributed by atoms with van der Waals surface area (Å²) in [4.78, 5) is 49.4. The molecule has 1 aromatic rings. The van der Waals surface area contributed by atoms with Crippen molar-refractivity contribution in [3.8, 4) is 0 Å². The van der Waals surface area contributed by atoms with Crippen LogP contribution in [0.2, 0.25) is 0 Å². The lowest BCUT2D eigenvalue weighted by Gasteiger charge is -2.12. The van der Waals surface area contributed by atoms with Crippen LogP contribution in [0.15, 0.2) is 12.3 Å². The minimum atomic E-state index is -4.99. The molecule has 0 aliphatic heterocycles. The van der Waals surface area contributed by atoms with Crippen LogP contribution in [0.1, 0.15) is 10.5 Å². The van der Waals surface area contributed by atoms with E-state index in [0.717, 1.165) is 12.3 Å². The third-order valence-electron chi connectivity index (χ3n) is 1.65. The van der Waals surface area contributed by atoms with Gasteiger partial charge in [-0.2, -0.15) is 0 Å². The van der Waals surface area contributed by atoms with Crippen molar-refractivity contribution >= 4 is 32.1 Å². The zero-order valence-corrected chi connectivity index (χ0v) is 9.38. The summed E-state index contributed by atoms with van der Waals surface area (Å²) in [5, 5.41) is -1.92. The van der Waals surface area contributed by atoms with E-state index < -0.39 is 31.5 Å². The van der Waals surface area contributed by atoms with Gasteiger partial charge < -0.3 is 19.6 Å². The Bertz CT molecular complexity index is 516. The number of hydrogen-bond donors (Lipinski definition) is 4. The molecule has 4 N–H and O–H groups in total. The highest BCUT2D eigenvalue weighted by Gasteiger charge is 2.33. The van der Waals surface area contributed by atoms with Gasteiger partial charge in [0, 0.05) is 6.20 Å². The molecule has 0 unspecified atom stereocenters. The van der Waals surface area contributed by atoms with Crippen molar-refractivity contribution in [1.29, 1.82) is 0 Å². The average molecular weight is 267 g/mol. The number of carbonyl (C=O) groups is 1. The number of pyridine rings is 1. The summed E-state index contributed by atoms with van der Waals surface area (Å²) in [6, 6.07) is 0.766. The summed E-state index contributed by atoms with van der Waals surface area (Å²) < 4.78 is 22.0. The largest absolute Gasteiger partial charge is 0.359 e. The second-order valence-electron chi connectivity index (χ2n) is 2.77. The SMILES string of the molecule is O=Cc1nccc(P(=O)(O)O)c1P(=O)(O)O. The van der Waals surface area contributed by atoms with Crippen LogP contribution < -0.4 is 10.6 Å². The Hall–Kier alpha value is -0.880. The maximum absolute atomic E-state index is 11.0. The fourth-order valence-corrected chi connectivity index (χ4v) is 3.29. The van der Waals surface area contributed by atoms with Gasteiger partial charge >= 0.3 is 15.2 Å². The predicted octanol–water partition coefficient (Wildman–Crippen LogP) is -1.50. The first-order valence-corrected chi connectivity index (χ1v) is 6.97. The molecule has 0 aromatic carbocycles. The summed E-state index contributed by atoms with van der Waals surface area (Å²) in [5.74, 6) is 0. The van der Waals surface area contributed by atoms with Gasteiger partial charge in [-0.15, -0.1) is 0 Å². The minimum absolute atomic E-state index is 0.0214. The van der Waals surface area contributed by atoms with Crippen molar-refractivity contribution in [1.82, 2.24) is 4.98 Å². The lowest BCUT2D eigenvalue weighted by molar-refractivity contribution is 0.111. The highest BCUT2D eigenvalue weighted by molar-refractivity contribution is 7.67. The molecular weight excluding hydrogens is 260 g/mol. The van der Waals surface area contributed by atoms with E-state index in [-0.39, 0.29) is 6.29 Å². The molecule has 88 valence electrons. The highest BCUT2D eigenvalue weighted by atomic mass is 31.2. The fraction of sp³-hybridized carbons (Fsp3) is 0. The maximum Gasteiger partial charge on any atom is 0.359 e. The molecule has 0 saturated heterocycles. The first-order chi connectivity index (χ1) is 7.18. The third kappa shape index (κ3) is 2.62. The van der Waals surface area contributed by atoms with E-state index in [1.165, 1.54) is 0 Å². The van der Waals surface area contributed by atoms with Crippen LogP contribution in [0.4, 0.5) is 0 Å². The molecule has 0 radical (unpaired) electrons. The van der Waals surface area contributed by atoms with E-state index in [2.05, 4.69) is 4.98 Å². The third-order valence-corrected chi connectivity index (χ3v) is 3.88. The predicted molar refractivity (Wildman–Crippen MR) is 53.0 cm³/mol. The topological polar surface area (TPSA) is 145 Å². The van der Waals surface area contributed by atoms with Gasteiger partial charge in [0.15, 0.2) is 6.29 Å². The molecule has 8 nitrogen and oxygen atoms in total. The van der Waals surface area contributed by atoms with Crippen LogP contribution in [-0.4, -0.2) is 30.8 Å². The molecule has 10 heteroatoms. The molecule has 0 saturated carbocycles. The van der Waals surface area contributed by atoms with Gasteiger partial charge in [-0.3, -0.25) is 18.9 Å². The van der Waals surface area contributed by atoms with Crippen LogP contribution in [0.5, 0.6) is 0 Å². The molecule has 1 heterocycles. The highest BCUT2D eigenvalue weighted by Crippen LogP contribution is 2.40. The number of aromatic nitrogens is 1. The Kier molecular flexibility index (Phi) is 3.44. The molecule has 0 bridgehead atoms. The van der Waals surface area contributed by atoms with E-state index in [4.69, 9.17) is 19.6 Å². The summed E-state index contributed by atoms with van der Waals surface area (Å²) in [5.41, 5.74) is -0.686. The Morgan fingerprint density at radius 1 is 1.12 bits per heavy atom. The second-order valence-corrected chi connectivity index (χ2v) is 5.87. The number of aldehydes is 1. The summed E-state index contributed by atoms with van der Waals surface area (Å²) in [6.07, 6.45) is 0.908. The fourth-order valence-electron chi connectivity index (χ4n) is 1.08. The van der Waals surface area contributed by atoms with Gasteiger partial charge in [-0.25, -0.2) is 0 Å². The van der Waals surface area contributed by atoms with Gasteiger partial charge in [0.25, 0.3) is 0 Å². The lowest BCUT2D eigenvalue weighted by atomic mass is 10.4. The normalized spacial score (nSPS) is 12.5. The molecule has 0 fully saturated rings. The number of rotatable bonds is 3. The zero-order chi connectivity index (χ0) is 12.6. The van der Waals surface area contributed by atoms with Crippen LogP contribution in [-0.2, 0) is 9.13 Å². The Labute approximate surface area is 89.3 Å². The summed E-state index contributed by atoms with van der Waals surface area (Å²) in [7, 11) is -9.88. The molecule has 0 aliphatic rings.